The van der Waals surface area contributed by atoms with Gasteiger partial charge < -0.3 is 24.7 Å². The van der Waals surface area contributed by atoms with Crippen LogP contribution < -0.4 is 11.3 Å². The monoisotopic (exact) mass is 466 g/mol. The maximum Gasteiger partial charge on any atom is 0.308 e. The number of carbonyl (C=O) groups is 1. The van der Waals surface area contributed by atoms with Gasteiger partial charge in [0.2, 0.25) is 5.95 Å². The molecule has 12 heteroatoms. The van der Waals surface area contributed by atoms with Gasteiger partial charge in [0.25, 0.3) is 5.56 Å². The first-order valence-corrected chi connectivity index (χ1v) is 13.4. The topological polar surface area (TPSA) is 155 Å². The largest absolute Gasteiger partial charge is 0.463 e. The molecule has 1 fully saturated rings. The molecule has 11 nitrogen and oxygen atoms in total. The number of anilines is 1. The van der Waals surface area contributed by atoms with Gasteiger partial charge in [0.15, 0.2) is 31.8 Å². The number of hydrogen-bond acceptors (Lipinski definition) is 9. The maximum atomic E-state index is 12.2. The van der Waals surface area contributed by atoms with E-state index in [1.54, 1.807) is 13.8 Å². The Labute approximate surface area is 187 Å². The molecule has 0 bridgehead atoms. The summed E-state index contributed by atoms with van der Waals surface area (Å²) in [6, 6.07) is 0. The molecule has 2 aromatic heterocycles. The second kappa shape index (κ2) is 8.58. The third kappa shape index (κ3) is 4.58. The fraction of sp³-hybridized carbons (Fsp3) is 0.650. The van der Waals surface area contributed by atoms with Gasteiger partial charge in [-0.15, -0.1) is 0 Å². The van der Waals surface area contributed by atoms with Gasteiger partial charge >= 0.3 is 5.97 Å². The van der Waals surface area contributed by atoms with Gasteiger partial charge in [-0.25, -0.2) is 4.98 Å². The molecule has 0 amide bonds. The highest BCUT2D eigenvalue weighted by Crippen LogP contribution is 2.44. The van der Waals surface area contributed by atoms with Gasteiger partial charge in [0.05, 0.1) is 12.2 Å². The van der Waals surface area contributed by atoms with Crippen LogP contribution in [-0.4, -0.2) is 57.7 Å². The number of fused-ring (bicyclic) bond motifs is 1. The highest BCUT2D eigenvalue weighted by atomic mass is 28.4. The first kappa shape index (κ1) is 24.4. The number of aliphatic hydroxyl groups excluding tert-OH is 1. The van der Waals surface area contributed by atoms with Crippen LogP contribution in [0.4, 0.5) is 5.95 Å². The lowest BCUT2D eigenvalue weighted by Crippen LogP contribution is -2.46. The summed E-state index contributed by atoms with van der Waals surface area (Å²) in [5.74, 6) is -0.786. The number of aromatic amines is 1. The molecule has 0 aliphatic carbocycles. The SMILES string of the molecule is CC(C)C(=O)OC[C@H]1O[C@@H](n2cnc3c(=O)[nH]c(N)nc32)[C@H](O[Si](C)(C)C(C)(C)C)[C]1O. The predicted molar refractivity (Wildman–Crippen MR) is 120 cm³/mol. The summed E-state index contributed by atoms with van der Waals surface area (Å²) in [7, 11) is -2.36. The summed E-state index contributed by atoms with van der Waals surface area (Å²) >= 11 is 0. The van der Waals surface area contributed by atoms with E-state index in [1.807, 2.05) is 0 Å². The fourth-order valence-electron chi connectivity index (χ4n) is 3.04. The number of hydrogen-bond donors (Lipinski definition) is 3. The molecule has 1 saturated heterocycles. The van der Waals surface area contributed by atoms with Crippen molar-refractivity contribution in [3.8, 4) is 0 Å². The number of nitrogens with one attached hydrogen (secondary N) is 1. The van der Waals surface area contributed by atoms with Crippen molar-refractivity contribution in [1.82, 2.24) is 19.5 Å². The highest BCUT2D eigenvalue weighted by molar-refractivity contribution is 6.74. The van der Waals surface area contributed by atoms with Crippen LogP contribution in [0.3, 0.4) is 0 Å². The van der Waals surface area contributed by atoms with E-state index >= 15 is 0 Å². The molecule has 177 valence electrons. The molecule has 1 aliphatic heterocycles. The molecular formula is C20H32N5O6Si. The van der Waals surface area contributed by atoms with E-state index in [1.165, 1.54) is 10.9 Å². The molecule has 2 aromatic rings. The number of ether oxygens (including phenoxy) is 2. The maximum absolute atomic E-state index is 12.2. The van der Waals surface area contributed by atoms with Crippen LogP contribution in [0.25, 0.3) is 11.2 Å². The number of rotatable bonds is 6. The Morgan fingerprint density at radius 1 is 1.41 bits per heavy atom. The molecular weight excluding hydrogens is 434 g/mol. The molecule has 0 spiro atoms. The van der Waals surface area contributed by atoms with Crippen molar-refractivity contribution in [2.24, 2.45) is 5.92 Å². The second-order valence-corrected chi connectivity index (χ2v) is 14.6. The van der Waals surface area contributed by atoms with Crippen LogP contribution in [0.1, 0.15) is 40.8 Å². The number of aliphatic hydroxyl groups is 1. The minimum Gasteiger partial charge on any atom is -0.463 e. The van der Waals surface area contributed by atoms with Crippen LogP contribution in [-0.2, 0) is 18.7 Å². The van der Waals surface area contributed by atoms with E-state index in [-0.39, 0.29) is 40.8 Å². The van der Waals surface area contributed by atoms with Gasteiger partial charge in [-0.2, -0.15) is 4.98 Å². The number of nitrogens with two attached hydrogens (primary N) is 1. The Kier molecular flexibility index (Phi) is 6.53. The molecule has 1 aliphatic rings. The summed E-state index contributed by atoms with van der Waals surface area (Å²) in [6.07, 6.45) is -1.36. The van der Waals surface area contributed by atoms with Gasteiger partial charge in [0, 0.05) is 0 Å². The Morgan fingerprint density at radius 2 is 2.06 bits per heavy atom. The Balaban J connectivity index is 1.99. The quantitative estimate of drug-likeness (QED) is 0.429. The summed E-state index contributed by atoms with van der Waals surface area (Å²) in [5, 5.41) is 10.9. The van der Waals surface area contributed by atoms with Crippen LogP contribution >= 0.6 is 0 Å². The molecule has 3 rings (SSSR count). The first-order valence-electron chi connectivity index (χ1n) is 10.5. The molecule has 32 heavy (non-hydrogen) atoms. The predicted octanol–water partition coefficient (Wildman–Crippen LogP) is 2.09. The molecule has 3 atom stereocenters. The van der Waals surface area contributed by atoms with E-state index in [2.05, 4.69) is 48.8 Å². The summed E-state index contributed by atoms with van der Waals surface area (Å²) < 4.78 is 19.4. The third-order valence-electron chi connectivity index (χ3n) is 5.99. The Morgan fingerprint density at radius 3 is 2.66 bits per heavy atom. The minimum absolute atomic E-state index is 0.0697. The molecule has 0 unspecified atom stereocenters. The number of nitrogens with zero attached hydrogens (tertiary/aromatic N) is 3. The molecule has 0 saturated carbocycles. The van der Waals surface area contributed by atoms with Gasteiger partial charge in [-0.05, 0) is 18.1 Å². The zero-order valence-electron chi connectivity index (χ0n) is 19.5. The second-order valence-electron chi connectivity index (χ2n) is 9.80. The summed E-state index contributed by atoms with van der Waals surface area (Å²) in [5.41, 5.74) is 5.53. The number of H-pyrrole nitrogens is 1. The number of esters is 1. The lowest BCUT2D eigenvalue weighted by atomic mass is 10.1. The van der Waals surface area contributed by atoms with Crippen molar-refractivity contribution >= 4 is 31.4 Å². The fourth-order valence-corrected chi connectivity index (χ4v) is 4.27. The standard InChI is InChI=1S/C20H32N5O6Si/c1-10(2)18(28)29-8-11-13(26)14(31-32(6,7)20(3,4)5)17(30-11)25-9-22-12-15(25)23-19(21)24-16(12)27/h9-11,14,17,26H,8H2,1-7H3,(H3,21,23,24,27)/t11-,14-,17-/m1/s1. The molecule has 3 heterocycles. The molecule has 1 radical (unpaired) electrons. The van der Waals surface area contributed by atoms with E-state index < -0.39 is 38.3 Å². The van der Waals surface area contributed by atoms with Gasteiger partial charge in [-0.1, -0.05) is 34.6 Å². The number of aromatic nitrogens is 4. The number of imidazole rings is 1. The van der Waals surface area contributed by atoms with Crippen molar-refractivity contribution < 1.29 is 23.8 Å². The summed E-state index contributed by atoms with van der Waals surface area (Å²) in [4.78, 5) is 34.9. The Hall–Kier alpha value is -2.28. The van der Waals surface area contributed by atoms with Crippen LogP contribution in [0.2, 0.25) is 18.1 Å². The average Bonchev–Trinajstić information content (AvgIpc) is 3.20. The van der Waals surface area contributed by atoms with E-state index in [0.29, 0.717) is 0 Å². The molecule has 4 N–H and O–H groups in total. The lowest BCUT2D eigenvalue weighted by molar-refractivity contribution is -0.152. The van der Waals surface area contributed by atoms with Crippen molar-refractivity contribution in [3.05, 3.63) is 22.8 Å². The smallest absolute Gasteiger partial charge is 0.308 e. The van der Waals surface area contributed by atoms with Crippen molar-refractivity contribution in [3.63, 3.8) is 0 Å². The van der Waals surface area contributed by atoms with Crippen LogP contribution in [0.15, 0.2) is 11.1 Å². The number of nitrogen functional groups attached to an aromatic ring is 1. The summed E-state index contributed by atoms with van der Waals surface area (Å²) in [6.45, 7) is 13.6. The normalized spacial score (nSPS) is 22.7. The van der Waals surface area contributed by atoms with Crippen molar-refractivity contribution in [2.75, 3.05) is 12.3 Å². The minimum atomic E-state index is -2.36. The van der Waals surface area contributed by atoms with E-state index in [9.17, 15) is 14.7 Å². The third-order valence-corrected chi connectivity index (χ3v) is 10.4. The molecule has 0 aromatic carbocycles. The van der Waals surface area contributed by atoms with E-state index in [4.69, 9.17) is 19.6 Å². The lowest BCUT2D eigenvalue weighted by Gasteiger charge is -2.39. The zero-order chi connectivity index (χ0) is 24.0. The van der Waals surface area contributed by atoms with Crippen molar-refractivity contribution in [1.29, 1.82) is 0 Å². The Bertz CT molecular complexity index is 1040. The van der Waals surface area contributed by atoms with Crippen LogP contribution in [0, 0.1) is 12.0 Å². The van der Waals surface area contributed by atoms with Crippen molar-refractivity contribution in [2.45, 2.75) is 71.2 Å². The average molecular weight is 467 g/mol. The van der Waals surface area contributed by atoms with E-state index in [0.717, 1.165) is 0 Å². The zero-order valence-corrected chi connectivity index (χ0v) is 20.5. The van der Waals surface area contributed by atoms with Gasteiger partial charge in [0.1, 0.15) is 18.8 Å². The number of carbonyl (C=O) groups excluding carboxylic acids is 1. The highest BCUT2D eigenvalue weighted by Gasteiger charge is 2.51. The van der Waals surface area contributed by atoms with Crippen LogP contribution in [0.5, 0.6) is 0 Å². The van der Waals surface area contributed by atoms with Gasteiger partial charge in [-0.3, -0.25) is 19.1 Å². The first-order chi connectivity index (χ1) is 14.7.